The number of hydrogen-bond donors (Lipinski definition) is 1. The van der Waals surface area contributed by atoms with E-state index in [-0.39, 0.29) is 5.91 Å². The van der Waals surface area contributed by atoms with Crippen LogP contribution in [-0.4, -0.2) is 51.1 Å². The molecule has 0 saturated heterocycles. The van der Waals surface area contributed by atoms with E-state index in [9.17, 15) is 4.79 Å². The highest BCUT2D eigenvalue weighted by Crippen LogP contribution is 2.40. The van der Waals surface area contributed by atoms with Crippen molar-refractivity contribution in [2.24, 2.45) is 0 Å². The Morgan fingerprint density at radius 2 is 2.21 bits per heavy atom. The number of thiophene rings is 1. The SMILES string of the molecule is CN(C)CCNC(=O)c1ccc(N2CCOc3ccc(Cl)cc32)s1. The minimum absolute atomic E-state index is 0.0346. The topological polar surface area (TPSA) is 44.8 Å². The highest BCUT2D eigenvalue weighted by molar-refractivity contribution is 7.18. The van der Waals surface area contributed by atoms with Crippen molar-refractivity contribution in [1.29, 1.82) is 0 Å². The van der Waals surface area contributed by atoms with Crippen LogP contribution in [0.2, 0.25) is 5.02 Å². The van der Waals surface area contributed by atoms with E-state index in [4.69, 9.17) is 16.3 Å². The predicted molar refractivity (Wildman–Crippen MR) is 99.2 cm³/mol. The number of carbonyl (C=O) groups excluding carboxylic acids is 1. The van der Waals surface area contributed by atoms with E-state index in [0.29, 0.717) is 23.1 Å². The van der Waals surface area contributed by atoms with Crippen molar-refractivity contribution in [3.63, 3.8) is 0 Å². The molecule has 0 bridgehead atoms. The maximum absolute atomic E-state index is 12.2. The number of nitrogens with one attached hydrogen (secondary N) is 1. The van der Waals surface area contributed by atoms with Gasteiger partial charge in [0, 0.05) is 18.1 Å². The molecule has 7 heteroatoms. The molecule has 0 aliphatic carbocycles. The lowest BCUT2D eigenvalue weighted by Gasteiger charge is -2.30. The molecule has 1 aliphatic rings. The summed E-state index contributed by atoms with van der Waals surface area (Å²) in [5, 5.41) is 4.62. The van der Waals surface area contributed by atoms with Gasteiger partial charge in [-0.3, -0.25) is 4.79 Å². The van der Waals surface area contributed by atoms with Crippen LogP contribution in [0.25, 0.3) is 0 Å². The van der Waals surface area contributed by atoms with Crippen molar-refractivity contribution < 1.29 is 9.53 Å². The zero-order chi connectivity index (χ0) is 17.1. The molecule has 1 aliphatic heterocycles. The number of hydrogen-bond acceptors (Lipinski definition) is 5. The Labute approximate surface area is 150 Å². The number of anilines is 2. The summed E-state index contributed by atoms with van der Waals surface area (Å²) in [5.41, 5.74) is 0.940. The van der Waals surface area contributed by atoms with E-state index in [0.717, 1.165) is 29.5 Å². The normalized spacial score (nSPS) is 13.6. The number of halogens is 1. The van der Waals surface area contributed by atoms with E-state index < -0.39 is 0 Å². The maximum Gasteiger partial charge on any atom is 0.261 e. The molecule has 0 atom stereocenters. The monoisotopic (exact) mass is 365 g/mol. The van der Waals surface area contributed by atoms with Crippen molar-refractivity contribution in [3.8, 4) is 5.75 Å². The van der Waals surface area contributed by atoms with Gasteiger partial charge in [-0.15, -0.1) is 11.3 Å². The Hall–Kier alpha value is -1.76. The second kappa shape index (κ2) is 7.42. The van der Waals surface area contributed by atoms with Crippen molar-refractivity contribution in [3.05, 3.63) is 40.2 Å². The third kappa shape index (κ3) is 3.83. The number of nitrogens with zero attached hydrogens (tertiary/aromatic N) is 2. The molecule has 2 aromatic rings. The fourth-order valence-electron chi connectivity index (χ4n) is 2.49. The standard InChI is InChI=1S/C17H20ClN3O2S/c1-20(2)8-7-19-17(22)15-5-6-16(24-15)21-9-10-23-14-4-3-12(18)11-13(14)21/h3-6,11H,7-10H2,1-2H3,(H,19,22). The average molecular weight is 366 g/mol. The largest absolute Gasteiger partial charge is 0.490 e. The minimum Gasteiger partial charge on any atom is -0.490 e. The number of benzene rings is 1. The first kappa shape index (κ1) is 17.1. The third-order valence-corrected chi connectivity index (χ3v) is 5.05. The summed E-state index contributed by atoms with van der Waals surface area (Å²) in [4.78, 5) is 17.1. The molecule has 1 aromatic carbocycles. The number of rotatable bonds is 5. The van der Waals surface area contributed by atoms with Gasteiger partial charge in [0.2, 0.25) is 0 Å². The summed E-state index contributed by atoms with van der Waals surface area (Å²) in [5.74, 6) is 0.781. The molecule has 0 spiro atoms. The molecule has 2 heterocycles. The quantitative estimate of drug-likeness (QED) is 0.883. The fourth-order valence-corrected chi connectivity index (χ4v) is 3.62. The van der Waals surface area contributed by atoms with Gasteiger partial charge in [-0.1, -0.05) is 11.6 Å². The Morgan fingerprint density at radius 3 is 3.00 bits per heavy atom. The molecule has 0 saturated carbocycles. The molecule has 24 heavy (non-hydrogen) atoms. The Kier molecular flexibility index (Phi) is 5.28. The van der Waals surface area contributed by atoms with Crippen LogP contribution in [0.5, 0.6) is 5.75 Å². The molecule has 3 rings (SSSR count). The van der Waals surface area contributed by atoms with Gasteiger partial charge < -0.3 is 19.9 Å². The van der Waals surface area contributed by atoms with Crippen molar-refractivity contribution in [2.45, 2.75) is 0 Å². The number of likely N-dealkylation sites (N-methyl/N-ethyl adjacent to an activating group) is 1. The van der Waals surface area contributed by atoms with E-state index in [1.807, 2.05) is 49.3 Å². The summed E-state index contributed by atoms with van der Waals surface area (Å²) in [7, 11) is 3.97. The Morgan fingerprint density at radius 1 is 1.38 bits per heavy atom. The number of ether oxygens (including phenoxy) is 1. The highest BCUT2D eigenvalue weighted by Gasteiger charge is 2.22. The summed E-state index contributed by atoms with van der Waals surface area (Å²) in [6, 6.07) is 9.44. The van der Waals surface area contributed by atoms with Gasteiger partial charge in [-0.2, -0.15) is 0 Å². The second-order valence-corrected chi connectivity index (χ2v) is 7.31. The first-order chi connectivity index (χ1) is 11.5. The van der Waals surface area contributed by atoms with E-state index in [1.165, 1.54) is 11.3 Å². The van der Waals surface area contributed by atoms with Crippen LogP contribution < -0.4 is 15.0 Å². The number of carbonyl (C=O) groups is 1. The number of amides is 1. The molecular formula is C17H20ClN3O2S. The Balaban J connectivity index is 1.75. The minimum atomic E-state index is -0.0346. The number of fused-ring (bicyclic) bond motifs is 1. The van der Waals surface area contributed by atoms with E-state index >= 15 is 0 Å². The van der Waals surface area contributed by atoms with Gasteiger partial charge in [0.15, 0.2) is 0 Å². The van der Waals surface area contributed by atoms with E-state index in [2.05, 4.69) is 10.2 Å². The van der Waals surface area contributed by atoms with Gasteiger partial charge in [0.25, 0.3) is 5.91 Å². The molecule has 1 N–H and O–H groups in total. The summed E-state index contributed by atoms with van der Waals surface area (Å²) in [6.07, 6.45) is 0. The van der Waals surface area contributed by atoms with Crippen LogP contribution in [0.1, 0.15) is 9.67 Å². The Bertz CT molecular complexity index is 732. The molecule has 1 amide bonds. The zero-order valence-corrected chi connectivity index (χ0v) is 15.3. The first-order valence-corrected chi connectivity index (χ1v) is 8.96. The molecule has 128 valence electrons. The summed E-state index contributed by atoms with van der Waals surface area (Å²) in [6.45, 7) is 2.79. The van der Waals surface area contributed by atoms with Crippen LogP contribution in [0, 0.1) is 0 Å². The third-order valence-electron chi connectivity index (χ3n) is 3.71. The second-order valence-electron chi connectivity index (χ2n) is 5.81. The lowest BCUT2D eigenvalue weighted by molar-refractivity contribution is 0.0955. The molecule has 0 radical (unpaired) electrons. The maximum atomic E-state index is 12.2. The molecule has 1 aromatic heterocycles. The predicted octanol–water partition coefficient (Wildman–Crippen LogP) is 3.22. The lowest BCUT2D eigenvalue weighted by Crippen LogP contribution is -2.30. The summed E-state index contributed by atoms with van der Waals surface area (Å²) >= 11 is 7.60. The van der Waals surface area contributed by atoms with Gasteiger partial charge in [-0.25, -0.2) is 0 Å². The van der Waals surface area contributed by atoms with Crippen molar-refractivity contribution in [1.82, 2.24) is 10.2 Å². The van der Waals surface area contributed by atoms with Crippen molar-refractivity contribution >= 4 is 39.5 Å². The molecule has 0 fully saturated rings. The van der Waals surface area contributed by atoms with Crippen LogP contribution in [0.4, 0.5) is 10.7 Å². The van der Waals surface area contributed by atoms with Gasteiger partial charge >= 0.3 is 0 Å². The summed E-state index contributed by atoms with van der Waals surface area (Å²) < 4.78 is 5.68. The van der Waals surface area contributed by atoms with Crippen LogP contribution in [0.3, 0.4) is 0 Å². The lowest BCUT2D eigenvalue weighted by atomic mass is 10.2. The van der Waals surface area contributed by atoms with Crippen LogP contribution in [0.15, 0.2) is 30.3 Å². The fraction of sp³-hybridized carbons (Fsp3) is 0.353. The zero-order valence-electron chi connectivity index (χ0n) is 13.7. The van der Waals surface area contributed by atoms with Crippen LogP contribution in [-0.2, 0) is 0 Å². The van der Waals surface area contributed by atoms with Gasteiger partial charge in [-0.05, 0) is 44.4 Å². The van der Waals surface area contributed by atoms with Gasteiger partial charge in [0.1, 0.15) is 12.4 Å². The van der Waals surface area contributed by atoms with Gasteiger partial charge in [0.05, 0.1) is 22.1 Å². The first-order valence-electron chi connectivity index (χ1n) is 7.77. The highest BCUT2D eigenvalue weighted by atomic mass is 35.5. The van der Waals surface area contributed by atoms with Crippen molar-refractivity contribution in [2.75, 3.05) is 45.2 Å². The molecular weight excluding hydrogens is 346 g/mol. The smallest absolute Gasteiger partial charge is 0.261 e. The molecule has 5 nitrogen and oxygen atoms in total. The molecule has 0 unspecified atom stereocenters. The van der Waals surface area contributed by atoms with E-state index in [1.54, 1.807) is 0 Å². The van der Waals surface area contributed by atoms with Crippen LogP contribution >= 0.6 is 22.9 Å². The average Bonchev–Trinajstić information content (AvgIpc) is 3.03.